The summed E-state index contributed by atoms with van der Waals surface area (Å²) < 4.78 is 1.33. The number of nitrogens with zero attached hydrogens (tertiary/aromatic N) is 3. The van der Waals surface area contributed by atoms with Crippen LogP contribution in [0.1, 0.15) is 43.1 Å². The number of H-pyrrole nitrogens is 1. The van der Waals surface area contributed by atoms with E-state index in [1.807, 2.05) is 0 Å². The van der Waals surface area contributed by atoms with Gasteiger partial charge in [0.05, 0.1) is 0 Å². The van der Waals surface area contributed by atoms with E-state index in [0.717, 1.165) is 5.69 Å². The molecule has 2 aromatic rings. The van der Waals surface area contributed by atoms with E-state index in [-0.39, 0.29) is 5.56 Å². The van der Waals surface area contributed by atoms with E-state index in [1.54, 1.807) is 13.0 Å². The molecule has 5 heteroatoms. The Morgan fingerprint density at radius 1 is 1.44 bits per heavy atom. The Morgan fingerprint density at radius 3 is 2.94 bits per heavy atom. The lowest BCUT2D eigenvalue weighted by molar-refractivity contribution is 0.690. The maximum absolute atomic E-state index is 11.8. The summed E-state index contributed by atoms with van der Waals surface area (Å²) in [4.78, 5) is 19.2. The molecule has 1 fully saturated rings. The van der Waals surface area contributed by atoms with Gasteiger partial charge < -0.3 is 4.98 Å². The fraction of sp³-hybridized carbons (Fsp3) is 0.545. The predicted molar refractivity (Wildman–Crippen MR) is 59.6 cm³/mol. The summed E-state index contributed by atoms with van der Waals surface area (Å²) >= 11 is 0. The van der Waals surface area contributed by atoms with E-state index in [1.165, 1.54) is 30.2 Å². The molecule has 0 aromatic carbocycles. The van der Waals surface area contributed by atoms with Crippen LogP contribution in [0.2, 0.25) is 0 Å². The second-order valence-electron chi connectivity index (χ2n) is 4.44. The fourth-order valence-electron chi connectivity index (χ4n) is 2.47. The van der Waals surface area contributed by atoms with Gasteiger partial charge in [0.2, 0.25) is 5.78 Å². The molecule has 0 aliphatic heterocycles. The summed E-state index contributed by atoms with van der Waals surface area (Å²) in [6, 6.07) is 1.66. The molecule has 0 saturated heterocycles. The smallest absolute Gasteiger partial charge is 0.275 e. The average molecular weight is 218 g/mol. The summed E-state index contributed by atoms with van der Waals surface area (Å²) in [6.07, 6.45) is 4.84. The van der Waals surface area contributed by atoms with Crippen molar-refractivity contribution in [3.8, 4) is 0 Å². The molecular formula is C11H14N4O. The molecule has 0 radical (unpaired) electrons. The molecule has 3 rings (SSSR count). The van der Waals surface area contributed by atoms with Crippen LogP contribution in [0.25, 0.3) is 5.78 Å². The highest BCUT2D eigenvalue weighted by Crippen LogP contribution is 2.32. The lowest BCUT2D eigenvalue weighted by atomic mass is 10.0. The number of aryl methyl sites for hydroxylation is 1. The third-order valence-electron chi connectivity index (χ3n) is 3.25. The Labute approximate surface area is 92.5 Å². The molecule has 5 nitrogen and oxygen atoms in total. The van der Waals surface area contributed by atoms with Crippen LogP contribution in [0.15, 0.2) is 10.9 Å². The summed E-state index contributed by atoms with van der Waals surface area (Å²) in [5.74, 6) is 1.68. The van der Waals surface area contributed by atoms with E-state index in [2.05, 4.69) is 15.1 Å². The quantitative estimate of drug-likeness (QED) is 0.786. The fourth-order valence-corrected chi connectivity index (χ4v) is 2.47. The third kappa shape index (κ3) is 1.43. The Kier molecular flexibility index (Phi) is 2.05. The van der Waals surface area contributed by atoms with Gasteiger partial charge in [0.25, 0.3) is 5.56 Å². The molecule has 16 heavy (non-hydrogen) atoms. The van der Waals surface area contributed by atoms with E-state index >= 15 is 0 Å². The van der Waals surface area contributed by atoms with Gasteiger partial charge in [0, 0.05) is 11.8 Å². The first-order chi connectivity index (χ1) is 7.74. The molecule has 1 aliphatic rings. The topological polar surface area (TPSA) is 63.0 Å². The van der Waals surface area contributed by atoms with Crippen molar-refractivity contribution in [3.05, 3.63) is 27.9 Å². The third-order valence-corrected chi connectivity index (χ3v) is 3.25. The zero-order chi connectivity index (χ0) is 11.1. The standard InChI is InChI=1S/C11H14N4O/c1-7-12-11-13-9(8-4-2-3-5-8)6-10(16)15(11)14-7/h6,8H,2-5H2,1H3,(H,12,13,14). The summed E-state index contributed by atoms with van der Waals surface area (Å²) in [5.41, 5.74) is 0.929. The maximum atomic E-state index is 11.8. The minimum atomic E-state index is -0.0868. The number of aromatic amines is 1. The van der Waals surface area contributed by atoms with Crippen LogP contribution < -0.4 is 5.56 Å². The van der Waals surface area contributed by atoms with Crippen molar-refractivity contribution in [2.45, 2.75) is 38.5 Å². The van der Waals surface area contributed by atoms with Crippen molar-refractivity contribution in [3.63, 3.8) is 0 Å². The highest BCUT2D eigenvalue weighted by atomic mass is 16.1. The Bertz CT molecular complexity index is 577. The molecule has 0 unspecified atom stereocenters. The number of rotatable bonds is 1. The van der Waals surface area contributed by atoms with E-state index in [0.29, 0.717) is 17.5 Å². The number of hydrogen-bond donors (Lipinski definition) is 1. The number of hydrogen-bond acceptors (Lipinski definition) is 3. The molecule has 84 valence electrons. The van der Waals surface area contributed by atoms with Gasteiger partial charge in [-0.1, -0.05) is 12.8 Å². The van der Waals surface area contributed by atoms with Gasteiger partial charge in [0.15, 0.2) is 0 Å². The monoisotopic (exact) mass is 218 g/mol. The second-order valence-corrected chi connectivity index (χ2v) is 4.44. The van der Waals surface area contributed by atoms with Gasteiger partial charge >= 0.3 is 0 Å². The highest BCUT2D eigenvalue weighted by Gasteiger charge is 2.19. The van der Waals surface area contributed by atoms with Gasteiger partial charge in [-0.2, -0.15) is 9.50 Å². The van der Waals surface area contributed by atoms with Crippen molar-refractivity contribution in [1.29, 1.82) is 0 Å². The molecule has 0 atom stereocenters. The lowest BCUT2D eigenvalue weighted by Gasteiger charge is -2.08. The molecule has 1 aliphatic carbocycles. The van der Waals surface area contributed by atoms with Crippen LogP contribution in [-0.4, -0.2) is 19.6 Å². The molecule has 1 saturated carbocycles. The number of aromatic nitrogens is 4. The van der Waals surface area contributed by atoms with Gasteiger partial charge in [-0.25, -0.2) is 0 Å². The van der Waals surface area contributed by atoms with Crippen LogP contribution >= 0.6 is 0 Å². The van der Waals surface area contributed by atoms with Crippen molar-refractivity contribution in [2.75, 3.05) is 0 Å². The Morgan fingerprint density at radius 2 is 2.19 bits per heavy atom. The van der Waals surface area contributed by atoms with Crippen LogP contribution in [0.5, 0.6) is 0 Å². The summed E-state index contributed by atoms with van der Waals surface area (Å²) in [5, 5.41) is 4.04. The SMILES string of the molecule is Cc1nc2[nH]c(C3CCCC3)cc(=O)n2n1. The van der Waals surface area contributed by atoms with Crippen LogP contribution in [0.4, 0.5) is 0 Å². The molecule has 2 aromatic heterocycles. The van der Waals surface area contributed by atoms with Crippen LogP contribution in [0.3, 0.4) is 0 Å². The zero-order valence-electron chi connectivity index (χ0n) is 9.23. The summed E-state index contributed by atoms with van der Waals surface area (Å²) in [7, 11) is 0. The number of fused-ring (bicyclic) bond motifs is 1. The first-order valence-electron chi connectivity index (χ1n) is 5.70. The van der Waals surface area contributed by atoms with Crippen molar-refractivity contribution < 1.29 is 0 Å². The van der Waals surface area contributed by atoms with Gasteiger partial charge in [-0.3, -0.25) is 4.79 Å². The van der Waals surface area contributed by atoms with E-state index in [9.17, 15) is 4.79 Å². The van der Waals surface area contributed by atoms with E-state index in [4.69, 9.17) is 0 Å². The first kappa shape index (κ1) is 9.57. The van der Waals surface area contributed by atoms with Crippen LogP contribution in [0, 0.1) is 6.92 Å². The van der Waals surface area contributed by atoms with Gasteiger partial charge in [0.1, 0.15) is 5.82 Å². The van der Waals surface area contributed by atoms with Crippen molar-refractivity contribution >= 4 is 5.78 Å². The van der Waals surface area contributed by atoms with Crippen molar-refractivity contribution in [2.24, 2.45) is 0 Å². The van der Waals surface area contributed by atoms with Gasteiger partial charge in [-0.05, 0) is 25.7 Å². The molecule has 2 heterocycles. The normalized spacial score (nSPS) is 17.3. The zero-order valence-corrected chi connectivity index (χ0v) is 9.23. The lowest BCUT2D eigenvalue weighted by Crippen LogP contribution is -2.16. The minimum absolute atomic E-state index is 0.0868. The maximum Gasteiger partial charge on any atom is 0.275 e. The number of nitrogens with one attached hydrogen (secondary N) is 1. The largest absolute Gasteiger partial charge is 0.327 e. The highest BCUT2D eigenvalue weighted by molar-refractivity contribution is 5.29. The molecule has 0 bridgehead atoms. The van der Waals surface area contributed by atoms with Crippen LogP contribution in [-0.2, 0) is 0 Å². The Hall–Kier alpha value is -1.65. The summed E-state index contributed by atoms with van der Waals surface area (Å²) in [6.45, 7) is 1.79. The molecular weight excluding hydrogens is 204 g/mol. The first-order valence-corrected chi connectivity index (χ1v) is 5.70. The minimum Gasteiger partial charge on any atom is -0.327 e. The molecule has 0 amide bonds. The van der Waals surface area contributed by atoms with E-state index < -0.39 is 0 Å². The van der Waals surface area contributed by atoms with Crippen molar-refractivity contribution in [1.82, 2.24) is 19.6 Å². The van der Waals surface area contributed by atoms with Gasteiger partial charge in [-0.15, -0.1) is 5.10 Å². The molecule has 0 spiro atoms. The predicted octanol–water partition coefficient (Wildman–Crippen LogP) is 1.38. The second kappa shape index (κ2) is 3.43. The molecule has 1 N–H and O–H groups in total. The Balaban J connectivity index is 2.16. The average Bonchev–Trinajstić information content (AvgIpc) is 2.84.